The van der Waals surface area contributed by atoms with Gasteiger partial charge in [0.25, 0.3) is 0 Å². The van der Waals surface area contributed by atoms with Crippen LogP contribution in [0, 0.1) is 0 Å². The van der Waals surface area contributed by atoms with E-state index in [-0.39, 0.29) is 17.3 Å². The molecule has 0 saturated heterocycles. The van der Waals surface area contributed by atoms with E-state index in [2.05, 4.69) is 10.0 Å². The largest absolute Gasteiger partial charge is 0.383 e. The summed E-state index contributed by atoms with van der Waals surface area (Å²) in [6.07, 6.45) is 0. The van der Waals surface area contributed by atoms with Gasteiger partial charge in [0.05, 0.1) is 11.5 Å². The van der Waals surface area contributed by atoms with Crippen molar-refractivity contribution in [3.63, 3.8) is 0 Å². The maximum atomic E-state index is 11.9. The highest BCUT2D eigenvalue weighted by atomic mass is 35.5. The van der Waals surface area contributed by atoms with Gasteiger partial charge in [-0.25, -0.2) is 13.1 Å². The molecule has 0 saturated carbocycles. The summed E-state index contributed by atoms with van der Waals surface area (Å²) in [5, 5.41) is 3.44. The van der Waals surface area contributed by atoms with Crippen LogP contribution >= 0.6 is 24.0 Å². The fourth-order valence-corrected chi connectivity index (χ4v) is 2.62. The topological polar surface area (TPSA) is 67.4 Å². The lowest BCUT2D eigenvalue weighted by molar-refractivity contribution is 0.199. The molecule has 0 amide bonds. The van der Waals surface area contributed by atoms with Crippen LogP contribution in [0.2, 0.25) is 5.02 Å². The number of hydrogen-bond acceptors (Lipinski definition) is 4. The monoisotopic (exact) mass is 328 g/mol. The van der Waals surface area contributed by atoms with E-state index < -0.39 is 10.0 Å². The maximum absolute atomic E-state index is 11.9. The van der Waals surface area contributed by atoms with Crippen molar-refractivity contribution in [1.29, 1.82) is 0 Å². The Balaban J connectivity index is 0.00000324. The van der Waals surface area contributed by atoms with Crippen molar-refractivity contribution in [1.82, 2.24) is 10.0 Å². The van der Waals surface area contributed by atoms with Gasteiger partial charge in [-0.15, -0.1) is 12.4 Å². The molecule has 0 fully saturated rings. The van der Waals surface area contributed by atoms with Crippen LogP contribution < -0.4 is 10.0 Å². The Hall–Kier alpha value is -0.370. The molecule has 0 radical (unpaired) electrons. The summed E-state index contributed by atoms with van der Waals surface area (Å²) in [6, 6.07) is 6.16. The van der Waals surface area contributed by atoms with E-state index >= 15 is 0 Å². The van der Waals surface area contributed by atoms with Gasteiger partial charge in [-0.05, 0) is 18.2 Å². The van der Waals surface area contributed by atoms with Crippen LogP contribution in [0.15, 0.2) is 29.2 Å². The second-order valence-electron chi connectivity index (χ2n) is 3.60. The second-order valence-corrected chi connectivity index (χ2v) is 5.80. The zero-order chi connectivity index (χ0) is 13.4. The van der Waals surface area contributed by atoms with Gasteiger partial charge < -0.3 is 10.1 Å². The molecule has 0 unspecified atom stereocenters. The number of benzene rings is 1. The smallest absolute Gasteiger partial charge is 0.240 e. The summed E-state index contributed by atoms with van der Waals surface area (Å²) >= 11 is 5.75. The van der Waals surface area contributed by atoms with Crippen molar-refractivity contribution < 1.29 is 13.2 Å². The second kappa shape index (κ2) is 9.52. The average molecular weight is 329 g/mol. The van der Waals surface area contributed by atoms with E-state index in [0.717, 1.165) is 0 Å². The van der Waals surface area contributed by atoms with Crippen LogP contribution in [0.1, 0.15) is 0 Å². The van der Waals surface area contributed by atoms with E-state index in [1.165, 1.54) is 12.1 Å². The molecule has 0 aliphatic rings. The Kier molecular flexibility index (Phi) is 9.34. The number of nitrogens with one attached hydrogen (secondary N) is 2. The normalized spacial score (nSPS) is 11.1. The highest BCUT2D eigenvalue weighted by molar-refractivity contribution is 7.89. The van der Waals surface area contributed by atoms with Gasteiger partial charge in [0.1, 0.15) is 0 Å². The predicted molar refractivity (Wildman–Crippen MR) is 78.6 cm³/mol. The molecule has 1 aromatic carbocycles. The first kappa shape index (κ1) is 18.6. The van der Waals surface area contributed by atoms with E-state index in [1.807, 2.05) is 0 Å². The highest BCUT2D eigenvalue weighted by Gasteiger charge is 2.12. The summed E-state index contributed by atoms with van der Waals surface area (Å²) in [5.74, 6) is 0. The zero-order valence-corrected chi connectivity index (χ0v) is 12.9. The Morgan fingerprint density at radius 3 is 2.63 bits per heavy atom. The van der Waals surface area contributed by atoms with Gasteiger partial charge in [-0.1, -0.05) is 17.7 Å². The summed E-state index contributed by atoms with van der Waals surface area (Å²) < 4.78 is 31.0. The van der Waals surface area contributed by atoms with E-state index in [1.54, 1.807) is 19.2 Å². The quantitative estimate of drug-likeness (QED) is 0.705. The predicted octanol–water partition coefficient (Wildman–Crippen LogP) is 1.28. The molecule has 0 aliphatic carbocycles. The Labute approximate surface area is 125 Å². The molecule has 2 N–H and O–H groups in total. The number of halogens is 2. The fourth-order valence-electron chi connectivity index (χ4n) is 1.29. The number of rotatable bonds is 8. The average Bonchev–Trinajstić information content (AvgIpc) is 2.33. The fraction of sp³-hybridized carbons (Fsp3) is 0.455. The number of ether oxygens (including phenoxy) is 1. The first-order valence-electron chi connectivity index (χ1n) is 5.51. The minimum Gasteiger partial charge on any atom is -0.383 e. The van der Waals surface area contributed by atoms with Crippen molar-refractivity contribution in [2.24, 2.45) is 0 Å². The molecule has 0 aromatic heterocycles. The third-order valence-electron chi connectivity index (χ3n) is 2.18. The molecule has 0 bridgehead atoms. The first-order chi connectivity index (χ1) is 8.56. The van der Waals surface area contributed by atoms with Crippen molar-refractivity contribution in [2.45, 2.75) is 4.90 Å². The molecule has 0 heterocycles. The SMILES string of the molecule is COCCNCCNS(=O)(=O)c1cccc(Cl)c1.Cl. The number of methoxy groups -OCH3 is 1. The molecule has 1 aromatic rings. The zero-order valence-electron chi connectivity index (χ0n) is 10.6. The van der Waals surface area contributed by atoms with Crippen LogP contribution in [-0.2, 0) is 14.8 Å². The van der Waals surface area contributed by atoms with Crippen LogP contribution in [0.5, 0.6) is 0 Å². The molecule has 8 heteroatoms. The summed E-state index contributed by atoms with van der Waals surface area (Å²) in [4.78, 5) is 0.173. The van der Waals surface area contributed by atoms with Crippen LogP contribution in [0.3, 0.4) is 0 Å². The molecule has 19 heavy (non-hydrogen) atoms. The molecular weight excluding hydrogens is 311 g/mol. The lowest BCUT2D eigenvalue weighted by Gasteiger charge is -2.07. The van der Waals surface area contributed by atoms with Crippen LogP contribution in [0.25, 0.3) is 0 Å². The number of hydrogen-bond donors (Lipinski definition) is 2. The van der Waals surface area contributed by atoms with Gasteiger partial charge in [0, 0.05) is 31.8 Å². The Morgan fingerprint density at radius 2 is 2.00 bits per heavy atom. The van der Waals surface area contributed by atoms with Gasteiger partial charge in [0.15, 0.2) is 0 Å². The first-order valence-corrected chi connectivity index (χ1v) is 7.37. The van der Waals surface area contributed by atoms with Crippen molar-refractivity contribution in [3.8, 4) is 0 Å². The molecule has 5 nitrogen and oxygen atoms in total. The summed E-state index contributed by atoms with van der Waals surface area (Å²) in [6.45, 7) is 2.15. The molecule has 0 atom stereocenters. The summed E-state index contributed by atoms with van der Waals surface area (Å²) in [7, 11) is -1.87. The van der Waals surface area contributed by atoms with Gasteiger partial charge in [-0.2, -0.15) is 0 Å². The lowest BCUT2D eigenvalue weighted by atomic mass is 10.4. The van der Waals surface area contributed by atoms with E-state index in [4.69, 9.17) is 16.3 Å². The van der Waals surface area contributed by atoms with E-state index in [0.29, 0.717) is 31.3 Å². The highest BCUT2D eigenvalue weighted by Crippen LogP contribution is 2.14. The third-order valence-corrected chi connectivity index (χ3v) is 3.88. The van der Waals surface area contributed by atoms with Gasteiger partial charge in [0.2, 0.25) is 10.0 Å². The van der Waals surface area contributed by atoms with Crippen molar-refractivity contribution in [2.75, 3.05) is 33.4 Å². The van der Waals surface area contributed by atoms with E-state index in [9.17, 15) is 8.42 Å². The van der Waals surface area contributed by atoms with Gasteiger partial charge in [-0.3, -0.25) is 0 Å². The molecular formula is C11H18Cl2N2O3S. The molecule has 0 spiro atoms. The maximum Gasteiger partial charge on any atom is 0.240 e. The Morgan fingerprint density at radius 1 is 1.26 bits per heavy atom. The van der Waals surface area contributed by atoms with Crippen molar-refractivity contribution >= 4 is 34.0 Å². The molecule has 0 aliphatic heterocycles. The number of sulfonamides is 1. The lowest BCUT2D eigenvalue weighted by Crippen LogP contribution is -2.33. The van der Waals surface area contributed by atoms with Crippen molar-refractivity contribution in [3.05, 3.63) is 29.3 Å². The van der Waals surface area contributed by atoms with Crippen LogP contribution in [0.4, 0.5) is 0 Å². The minimum atomic E-state index is -3.48. The van der Waals surface area contributed by atoms with Crippen LogP contribution in [-0.4, -0.2) is 41.8 Å². The molecule has 1 rings (SSSR count). The third kappa shape index (κ3) is 7.10. The standard InChI is InChI=1S/C11H17ClN2O3S.ClH/c1-17-8-7-13-5-6-14-18(15,16)11-4-2-3-10(12)9-11;/h2-4,9,13-14H,5-8H2,1H3;1H. The minimum absolute atomic E-state index is 0. The van der Waals surface area contributed by atoms with Gasteiger partial charge >= 0.3 is 0 Å². The summed E-state index contributed by atoms with van der Waals surface area (Å²) in [5.41, 5.74) is 0. The molecule has 110 valence electrons. The Bertz CT molecular complexity index is 469.